The van der Waals surface area contributed by atoms with Gasteiger partial charge in [-0.15, -0.1) is 0 Å². The zero-order chi connectivity index (χ0) is 14.1. The molecule has 0 saturated carbocycles. The molecule has 1 rings (SSSR count). The standard InChI is InChI=1S/C12H18N4O3/c1-13-12(10-16(17)18)15(6-7-19-2)9-11-4-3-5-14-8-11/h3-5,8,10,13H,6-7,9H2,1-2H3/b12-10+. The van der Waals surface area contributed by atoms with Gasteiger partial charge in [-0.05, 0) is 11.6 Å². The van der Waals surface area contributed by atoms with Crippen LogP contribution < -0.4 is 5.32 Å². The van der Waals surface area contributed by atoms with Gasteiger partial charge in [0.1, 0.15) is 0 Å². The summed E-state index contributed by atoms with van der Waals surface area (Å²) in [5.74, 6) is 0.436. The Morgan fingerprint density at radius 1 is 1.68 bits per heavy atom. The van der Waals surface area contributed by atoms with Gasteiger partial charge in [-0.3, -0.25) is 15.1 Å². The molecule has 19 heavy (non-hydrogen) atoms. The van der Waals surface area contributed by atoms with Crippen LogP contribution in [0, 0.1) is 10.1 Å². The average Bonchev–Trinajstić information content (AvgIpc) is 2.42. The zero-order valence-electron chi connectivity index (χ0n) is 11.1. The highest BCUT2D eigenvalue weighted by Gasteiger charge is 2.12. The summed E-state index contributed by atoms with van der Waals surface area (Å²) in [6.45, 7) is 1.56. The molecule has 0 unspecified atom stereocenters. The number of hydrogen-bond donors (Lipinski definition) is 1. The lowest BCUT2D eigenvalue weighted by Crippen LogP contribution is -2.33. The molecule has 0 aliphatic carbocycles. The van der Waals surface area contributed by atoms with Gasteiger partial charge in [0, 0.05) is 39.6 Å². The summed E-state index contributed by atoms with van der Waals surface area (Å²) in [7, 11) is 3.25. The number of ether oxygens (including phenoxy) is 1. The molecular formula is C12H18N4O3. The van der Waals surface area contributed by atoms with E-state index in [1.807, 2.05) is 17.0 Å². The van der Waals surface area contributed by atoms with Gasteiger partial charge < -0.3 is 15.0 Å². The van der Waals surface area contributed by atoms with E-state index in [1.54, 1.807) is 26.6 Å². The molecule has 0 amide bonds. The molecular weight excluding hydrogens is 248 g/mol. The molecule has 1 heterocycles. The molecule has 1 N–H and O–H groups in total. The second kappa shape index (κ2) is 8.04. The third-order valence-electron chi connectivity index (χ3n) is 2.49. The fourth-order valence-electron chi connectivity index (χ4n) is 1.60. The van der Waals surface area contributed by atoms with Gasteiger partial charge in [0.25, 0.3) is 6.20 Å². The van der Waals surface area contributed by atoms with Crippen LogP contribution in [0.2, 0.25) is 0 Å². The largest absolute Gasteiger partial charge is 0.383 e. The van der Waals surface area contributed by atoms with Crippen molar-refractivity contribution in [2.45, 2.75) is 6.54 Å². The Kier molecular flexibility index (Phi) is 6.31. The number of hydrogen-bond acceptors (Lipinski definition) is 6. The van der Waals surface area contributed by atoms with Crippen molar-refractivity contribution in [1.82, 2.24) is 15.2 Å². The number of nitrogens with zero attached hydrogens (tertiary/aromatic N) is 3. The highest BCUT2D eigenvalue weighted by Crippen LogP contribution is 2.08. The quantitative estimate of drug-likeness (QED) is 0.554. The Labute approximate surface area is 112 Å². The van der Waals surface area contributed by atoms with Crippen molar-refractivity contribution in [3.05, 3.63) is 52.2 Å². The van der Waals surface area contributed by atoms with E-state index in [2.05, 4.69) is 10.3 Å². The summed E-state index contributed by atoms with van der Waals surface area (Å²) >= 11 is 0. The van der Waals surface area contributed by atoms with E-state index in [1.165, 1.54) is 0 Å². The first kappa shape index (κ1) is 14.9. The van der Waals surface area contributed by atoms with Crippen molar-refractivity contribution in [3.63, 3.8) is 0 Å². The number of nitro groups is 1. The van der Waals surface area contributed by atoms with E-state index in [0.717, 1.165) is 11.8 Å². The normalized spacial score (nSPS) is 11.2. The smallest absolute Gasteiger partial charge is 0.274 e. The van der Waals surface area contributed by atoms with Crippen molar-refractivity contribution in [2.75, 3.05) is 27.3 Å². The Bertz CT molecular complexity index is 422. The van der Waals surface area contributed by atoms with Crippen LogP contribution in [0.3, 0.4) is 0 Å². The second-order valence-electron chi connectivity index (χ2n) is 3.83. The van der Waals surface area contributed by atoms with Crippen molar-refractivity contribution >= 4 is 0 Å². The predicted octanol–water partition coefficient (Wildman–Crippen LogP) is 0.825. The number of rotatable bonds is 8. The van der Waals surface area contributed by atoms with Crippen LogP contribution in [-0.4, -0.2) is 42.1 Å². The lowest BCUT2D eigenvalue weighted by atomic mass is 10.2. The number of nitrogens with one attached hydrogen (secondary N) is 1. The minimum absolute atomic E-state index is 0.436. The Hall–Kier alpha value is -2.15. The monoisotopic (exact) mass is 266 g/mol. The molecule has 0 saturated heterocycles. The van der Waals surface area contributed by atoms with E-state index in [9.17, 15) is 10.1 Å². The topological polar surface area (TPSA) is 80.5 Å². The summed E-state index contributed by atoms with van der Waals surface area (Å²) in [4.78, 5) is 16.0. The molecule has 0 aliphatic rings. The summed E-state index contributed by atoms with van der Waals surface area (Å²) in [6.07, 6.45) is 4.38. The molecule has 0 fully saturated rings. The third-order valence-corrected chi connectivity index (χ3v) is 2.49. The molecule has 104 valence electrons. The van der Waals surface area contributed by atoms with E-state index in [0.29, 0.717) is 25.5 Å². The van der Waals surface area contributed by atoms with E-state index in [-0.39, 0.29) is 0 Å². The summed E-state index contributed by atoms with van der Waals surface area (Å²) in [6, 6.07) is 3.76. The highest BCUT2D eigenvalue weighted by atomic mass is 16.6. The van der Waals surface area contributed by atoms with Crippen LogP contribution in [0.1, 0.15) is 5.56 Å². The zero-order valence-corrected chi connectivity index (χ0v) is 11.1. The fourth-order valence-corrected chi connectivity index (χ4v) is 1.60. The van der Waals surface area contributed by atoms with E-state index >= 15 is 0 Å². The highest BCUT2D eigenvalue weighted by molar-refractivity contribution is 5.10. The Balaban J connectivity index is 2.84. The first-order chi connectivity index (χ1) is 9.17. The van der Waals surface area contributed by atoms with Crippen molar-refractivity contribution in [2.24, 2.45) is 0 Å². The Morgan fingerprint density at radius 3 is 3.00 bits per heavy atom. The molecule has 7 heteroatoms. The van der Waals surface area contributed by atoms with Gasteiger partial charge in [-0.2, -0.15) is 0 Å². The maximum Gasteiger partial charge on any atom is 0.274 e. The molecule has 7 nitrogen and oxygen atoms in total. The number of pyridine rings is 1. The number of aromatic nitrogens is 1. The SMILES string of the molecule is CN/C(=C\[N+](=O)[O-])N(CCOC)Cc1cccnc1. The average molecular weight is 266 g/mol. The molecule has 0 bridgehead atoms. The lowest BCUT2D eigenvalue weighted by Gasteiger charge is -2.25. The molecule has 0 spiro atoms. The van der Waals surface area contributed by atoms with Gasteiger partial charge in [-0.25, -0.2) is 0 Å². The third kappa shape index (κ3) is 5.35. The summed E-state index contributed by atoms with van der Waals surface area (Å²) in [5.41, 5.74) is 0.975. The van der Waals surface area contributed by atoms with Gasteiger partial charge >= 0.3 is 0 Å². The van der Waals surface area contributed by atoms with Crippen LogP contribution in [0.25, 0.3) is 0 Å². The molecule has 0 atom stereocenters. The minimum Gasteiger partial charge on any atom is -0.383 e. The minimum atomic E-state index is -0.477. The van der Waals surface area contributed by atoms with Gasteiger partial charge in [-0.1, -0.05) is 6.07 Å². The van der Waals surface area contributed by atoms with E-state index in [4.69, 9.17) is 4.74 Å². The van der Waals surface area contributed by atoms with Gasteiger partial charge in [0.15, 0.2) is 5.82 Å². The Morgan fingerprint density at radius 2 is 2.47 bits per heavy atom. The van der Waals surface area contributed by atoms with E-state index < -0.39 is 4.92 Å². The van der Waals surface area contributed by atoms with Crippen molar-refractivity contribution < 1.29 is 9.66 Å². The predicted molar refractivity (Wildman–Crippen MR) is 70.7 cm³/mol. The molecule has 0 radical (unpaired) electrons. The van der Waals surface area contributed by atoms with Crippen LogP contribution in [0.5, 0.6) is 0 Å². The summed E-state index contributed by atoms with van der Waals surface area (Å²) < 4.78 is 5.03. The second-order valence-corrected chi connectivity index (χ2v) is 3.83. The van der Waals surface area contributed by atoms with Crippen LogP contribution in [-0.2, 0) is 11.3 Å². The van der Waals surface area contributed by atoms with Crippen molar-refractivity contribution in [3.8, 4) is 0 Å². The maximum absolute atomic E-state index is 10.6. The first-order valence-electron chi connectivity index (χ1n) is 5.83. The molecule has 1 aromatic rings. The molecule has 0 aromatic carbocycles. The van der Waals surface area contributed by atoms with Crippen LogP contribution in [0.15, 0.2) is 36.5 Å². The first-order valence-corrected chi connectivity index (χ1v) is 5.83. The van der Waals surface area contributed by atoms with Gasteiger partial charge in [0.05, 0.1) is 11.5 Å². The van der Waals surface area contributed by atoms with Gasteiger partial charge in [0.2, 0.25) is 0 Å². The molecule has 0 aliphatic heterocycles. The van der Waals surface area contributed by atoms with Crippen LogP contribution >= 0.6 is 0 Å². The molecule has 1 aromatic heterocycles. The van der Waals surface area contributed by atoms with Crippen LogP contribution in [0.4, 0.5) is 0 Å². The maximum atomic E-state index is 10.6. The van der Waals surface area contributed by atoms with Crippen molar-refractivity contribution in [1.29, 1.82) is 0 Å². The summed E-state index contributed by atoms with van der Waals surface area (Å²) in [5, 5.41) is 13.5. The number of methoxy groups -OCH3 is 1. The fraction of sp³-hybridized carbons (Fsp3) is 0.417. The lowest BCUT2D eigenvalue weighted by molar-refractivity contribution is -0.404.